The Bertz CT molecular complexity index is 270. The first-order valence-corrected chi connectivity index (χ1v) is 5.35. The van der Waals surface area contributed by atoms with E-state index in [0.717, 1.165) is 24.1 Å². The van der Waals surface area contributed by atoms with Gasteiger partial charge in [-0.1, -0.05) is 28.1 Å². The molecule has 0 spiro atoms. The fourth-order valence-corrected chi connectivity index (χ4v) is 1.85. The lowest BCUT2D eigenvalue weighted by atomic mass is 10.1. The molecule has 0 bridgehead atoms. The Kier molecular flexibility index (Phi) is 4.89. The van der Waals surface area contributed by atoms with Crippen molar-refractivity contribution in [3.05, 3.63) is 34.3 Å². The van der Waals surface area contributed by atoms with E-state index in [2.05, 4.69) is 50.8 Å². The highest BCUT2D eigenvalue weighted by molar-refractivity contribution is 9.10. The fraction of sp³-hybridized carbons (Fsp3) is 0.400. The van der Waals surface area contributed by atoms with Gasteiger partial charge in [-0.2, -0.15) is 0 Å². The molecule has 0 aromatic heterocycles. The van der Waals surface area contributed by atoms with Crippen LogP contribution in [-0.4, -0.2) is 19.6 Å². The molecule has 1 aromatic rings. The van der Waals surface area contributed by atoms with Crippen LogP contribution in [0.1, 0.15) is 11.6 Å². The molecule has 1 saturated heterocycles. The van der Waals surface area contributed by atoms with Crippen molar-refractivity contribution in [2.75, 3.05) is 19.6 Å². The molecular formula is C10H14BrClN2. The SMILES string of the molecule is Brc1ccc(C2CNCCN2)cc1.Cl. The third-order valence-corrected chi connectivity index (χ3v) is 2.84. The Labute approximate surface area is 99.0 Å². The summed E-state index contributed by atoms with van der Waals surface area (Å²) in [7, 11) is 0. The minimum absolute atomic E-state index is 0. The predicted molar refractivity (Wildman–Crippen MR) is 65.0 cm³/mol. The number of hydrogen-bond acceptors (Lipinski definition) is 2. The molecule has 1 aromatic carbocycles. The number of rotatable bonds is 1. The Morgan fingerprint density at radius 2 is 1.86 bits per heavy atom. The van der Waals surface area contributed by atoms with Gasteiger partial charge in [0.25, 0.3) is 0 Å². The summed E-state index contributed by atoms with van der Waals surface area (Å²) in [4.78, 5) is 0. The molecular weight excluding hydrogens is 263 g/mol. The molecule has 2 N–H and O–H groups in total. The van der Waals surface area contributed by atoms with Crippen LogP contribution in [0.4, 0.5) is 0 Å². The van der Waals surface area contributed by atoms with Crippen molar-refractivity contribution in [3.63, 3.8) is 0 Å². The van der Waals surface area contributed by atoms with E-state index >= 15 is 0 Å². The van der Waals surface area contributed by atoms with Crippen molar-refractivity contribution < 1.29 is 0 Å². The van der Waals surface area contributed by atoms with Gasteiger partial charge in [0.15, 0.2) is 0 Å². The topological polar surface area (TPSA) is 24.1 Å². The van der Waals surface area contributed by atoms with Gasteiger partial charge in [0.1, 0.15) is 0 Å². The first-order chi connectivity index (χ1) is 6.36. The number of benzene rings is 1. The summed E-state index contributed by atoms with van der Waals surface area (Å²) in [5.74, 6) is 0. The lowest BCUT2D eigenvalue weighted by molar-refractivity contribution is 0.430. The third-order valence-electron chi connectivity index (χ3n) is 2.31. The molecule has 1 aliphatic rings. The Morgan fingerprint density at radius 3 is 2.43 bits per heavy atom. The van der Waals surface area contributed by atoms with E-state index in [-0.39, 0.29) is 12.4 Å². The molecule has 0 amide bonds. The van der Waals surface area contributed by atoms with Crippen molar-refractivity contribution >= 4 is 28.3 Å². The van der Waals surface area contributed by atoms with Crippen molar-refractivity contribution in [3.8, 4) is 0 Å². The minimum Gasteiger partial charge on any atom is -0.314 e. The van der Waals surface area contributed by atoms with Gasteiger partial charge in [-0.15, -0.1) is 12.4 Å². The standard InChI is InChI=1S/C10H13BrN2.ClH/c11-9-3-1-8(2-4-9)10-7-12-5-6-13-10;/h1-4,10,12-13H,5-7H2;1H. The summed E-state index contributed by atoms with van der Waals surface area (Å²) in [6.07, 6.45) is 0. The number of hydrogen-bond donors (Lipinski definition) is 2. The predicted octanol–water partition coefficient (Wildman–Crippen LogP) is 2.10. The zero-order valence-corrected chi connectivity index (χ0v) is 10.2. The third kappa shape index (κ3) is 2.95. The molecule has 0 aliphatic carbocycles. The van der Waals surface area contributed by atoms with Crippen LogP contribution < -0.4 is 10.6 Å². The molecule has 1 heterocycles. The lowest BCUT2D eigenvalue weighted by Gasteiger charge is -2.24. The second kappa shape index (κ2) is 5.71. The highest BCUT2D eigenvalue weighted by atomic mass is 79.9. The normalized spacial score (nSPS) is 21.4. The summed E-state index contributed by atoms with van der Waals surface area (Å²) < 4.78 is 1.14. The first-order valence-electron chi connectivity index (χ1n) is 4.56. The molecule has 1 fully saturated rings. The van der Waals surface area contributed by atoms with Gasteiger partial charge in [0.2, 0.25) is 0 Å². The van der Waals surface area contributed by atoms with Crippen LogP contribution in [0.2, 0.25) is 0 Å². The van der Waals surface area contributed by atoms with Crippen LogP contribution in [0.3, 0.4) is 0 Å². The molecule has 0 radical (unpaired) electrons. The van der Waals surface area contributed by atoms with Crippen LogP contribution in [0, 0.1) is 0 Å². The molecule has 1 unspecified atom stereocenters. The summed E-state index contributed by atoms with van der Waals surface area (Å²) in [5, 5.41) is 6.85. The average Bonchev–Trinajstić information content (AvgIpc) is 2.20. The quantitative estimate of drug-likeness (QED) is 0.821. The van der Waals surface area contributed by atoms with Crippen molar-refractivity contribution in [1.29, 1.82) is 0 Å². The summed E-state index contributed by atoms with van der Waals surface area (Å²) in [6, 6.07) is 8.97. The summed E-state index contributed by atoms with van der Waals surface area (Å²) >= 11 is 3.43. The van der Waals surface area contributed by atoms with Crippen LogP contribution >= 0.6 is 28.3 Å². The highest BCUT2D eigenvalue weighted by Crippen LogP contribution is 2.17. The largest absolute Gasteiger partial charge is 0.314 e. The van der Waals surface area contributed by atoms with Crippen LogP contribution in [0.15, 0.2) is 28.7 Å². The zero-order valence-electron chi connectivity index (χ0n) is 7.79. The lowest BCUT2D eigenvalue weighted by Crippen LogP contribution is -2.42. The van der Waals surface area contributed by atoms with Gasteiger partial charge in [-0.25, -0.2) is 0 Å². The summed E-state index contributed by atoms with van der Waals surface area (Å²) in [6.45, 7) is 3.16. The van der Waals surface area contributed by atoms with Gasteiger partial charge in [-0.05, 0) is 17.7 Å². The van der Waals surface area contributed by atoms with Gasteiger partial charge < -0.3 is 10.6 Å². The maximum Gasteiger partial charge on any atom is 0.0447 e. The Morgan fingerprint density at radius 1 is 1.14 bits per heavy atom. The van der Waals surface area contributed by atoms with E-state index in [4.69, 9.17) is 0 Å². The van der Waals surface area contributed by atoms with Crippen molar-refractivity contribution in [2.24, 2.45) is 0 Å². The second-order valence-corrected chi connectivity index (χ2v) is 4.18. The number of nitrogens with one attached hydrogen (secondary N) is 2. The highest BCUT2D eigenvalue weighted by Gasteiger charge is 2.13. The maximum absolute atomic E-state index is 3.48. The van der Waals surface area contributed by atoms with Crippen molar-refractivity contribution in [1.82, 2.24) is 10.6 Å². The molecule has 14 heavy (non-hydrogen) atoms. The number of halogens is 2. The smallest absolute Gasteiger partial charge is 0.0447 e. The molecule has 2 rings (SSSR count). The minimum atomic E-state index is 0. The Balaban J connectivity index is 0.000000980. The van der Waals surface area contributed by atoms with Gasteiger partial charge in [0, 0.05) is 30.1 Å². The summed E-state index contributed by atoms with van der Waals surface area (Å²) in [5.41, 5.74) is 1.36. The molecule has 1 atom stereocenters. The van der Waals surface area contributed by atoms with Gasteiger partial charge >= 0.3 is 0 Å². The van der Waals surface area contributed by atoms with Gasteiger partial charge in [-0.3, -0.25) is 0 Å². The van der Waals surface area contributed by atoms with E-state index in [1.165, 1.54) is 5.56 Å². The zero-order chi connectivity index (χ0) is 9.10. The van der Waals surface area contributed by atoms with Crippen molar-refractivity contribution in [2.45, 2.75) is 6.04 Å². The van der Waals surface area contributed by atoms with Crippen LogP contribution in [0.5, 0.6) is 0 Å². The first kappa shape index (κ1) is 12.0. The number of piperazine rings is 1. The molecule has 1 aliphatic heterocycles. The van der Waals surface area contributed by atoms with E-state index in [0.29, 0.717) is 6.04 Å². The monoisotopic (exact) mass is 276 g/mol. The second-order valence-electron chi connectivity index (χ2n) is 3.26. The Hall–Kier alpha value is -0.0900. The molecule has 78 valence electrons. The van der Waals surface area contributed by atoms with Gasteiger partial charge in [0.05, 0.1) is 0 Å². The fourth-order valence-electron chi connectivity index (χ4n) is 1.58. The average molecular weight is 278 g/mol. The van der Waals surface area contributed by atoms with E-state index in [1.54, 1.807) is 0 Å². The van der Waals surface area contributed by atoms with E-state index < -0.39 is 0 Å². The molecule has 0 saturated carbocycles. The molecule has 2 nitrogen and oxygen atoms in total. The van der Waals surface area contributed by atoms with Crippen LogP contribution in [-0.2, 0) is 0 Å². The van der Waals surface area contributed by atoms with E-state index in [9.17, 15) is 0 Å². The molecule has 4 heteroatoms. The maximum atomic E-state index is 3.48. The van der Waals surface area contributed by atoms with E-state index in [1.807, 2.05) is 0 Å². The van der Waals surface area contributed by atoms with Crippen LogP contribution in [0.25, 0.3) is 0 Å².